The van der Waals surface area contributed by atoms with Gasteiger partial charge in [0.25, 0.3) is 11.5 Å². The second-order valence-electron chi connectivity index (χ2n) is 6.58. The van der Waals surface area contributed by atoms with Crippen LogP contribution in [-0.2, 0) is 12.8 Å². The zero-order valence-corrected chi connectivity index (χ0v) is 13.8. The average Bonchev–Trinajstić information content (AvgIpc) is 3.24. The molecule has 1 N–H and O–H groups in total. The van der Waals surface area contributed by atoms with Crippen molar-refractivity contribution in [2.45, 2.75) is 45.4 Å². The van der Waals surface area contributed by atoms with Crippen LogP contribution in [0, 0.1) is 6.92 Å². The summed E-state index contributed by atoms with van der Waals surface area (Å²) < 4.78 is 1.57. The van der Waals surface area contributed by atoms with Crippen LogP contribution in [0.5, 0.6) is 0 Å². The molecule has 1 saturated heterocycles. The molecule has 7 nitrogen and oxygen atoms in total. The molecule has 1 amide bonds. The number of H-pyrrole nitrogens is 1. The number of likely N-dealkylation sites (tertiary alicyclic amines) is 1. The number of hydrogen-bond donors (Lipinski definition) is 1. The minimum Gasteiger partial charge on any atom is -0.339 e. The summed E-state index contributed by atoms with van der Waals surface area (Å²) >= 11 is 0. The van der Waals surface area contributed by atoms with E-state index in [2.05, 4.69) is 15.1 Å². The molecule has 3 heterocycles. The Labute approximate surface area is 139 Å². The lowest BCUT2D eigenvalue weighted by atomic mass is 9.97. The van der Waals surface area contributed by atoms with Crippen LogP contribution < -0.4 is 5.56 Å². The second-order valence-corrected chi connectivity index (χ2v) is 6.58. The van der Waals surface area contributed by atoms with Gasteiger partial charge in [0, 0.05) is 18.7 Å². The van der Waals surface area contributed by atoms with Crippen molar-refractivity contribution in [3.05, 3.63) is 39.1 Å². The summed E-state index contributed by atoms with van der Waals surface area (Å²) in [6.07, 6.45) is 7.39. The Hall–Kier alpha value is -2.44. The molecule has 126 valence electrons. The molecule has 2 aromatic heterocycles. The molecule has 0 unspecified atom stereocenters. The molecule has 1 aliphatic carbocycles. The number of nitrogens with zero attached hydrogens (tertiary/aromatic N) is 4. The standard InChI is InChI=1S/C17H21N5O2/c1-11-13(16(24)21-8-4-5-9-21)10-18-22(11)17-19-14-7-3-2-6-12(14)15(23)20-17/h10H,2-9H2,1H3,(H,19,20,23). The van der Waals surface area contributed by atoms with Gasteiger partial charge in [0.05, 0.1) is 23.1 Å². The number of rotatable bonds is 2. The van der Waals surface area contributed by atoms with Gasteiger partial charge in [0.15, 0.2) is 0 Å². The van der Waals surface area contributed by atoms with Gasteiger partial charge in [0.2, 0.25) is 5.95 Å². The molecule has 1 aliphatic heterocycles. The summed E-state index contributed by atoms with van der Waals surface area (Å²) in [7, 11) is 0. The second kappa shape index (κ2) is 5.89. The molecule has 0 aromatic carbocycles. The van der Waals surface area contributed by atoms with E-state index < -0.39 is 0 Å². The third-order valence-corrected chi connectivity index (χ3v) is 5.01. The number of aromatic amines is 1. The summed E-state index contributed by atoms with van der Waals surface area (Å²) in [5.74, 6) is 0.412. The lowest BCUT2D eigenvalue weighted by Crippen LogP contribution is -2.28. The number of amides is 1. The highest BCUT2D eigenvalue weighted by Crippen LogP contribution is 2.19. The number of fused-ring (bicyclic) bond motifs is 1. The number of nitrogens with one attached hydrogen (secondary N) is 1. The molecular formula is C17H21N5O2. The molecule has 24 heavy (non-hydrogen) atoms. The van der Waals surface area contributed by atoms with Gasteiger partial charge in [-0.3, -0.25) is 14.6 Å². The number of carbonyl (C=O) groups excluding carboxylic acids is 1. The third-order valence-electron chi connectivity index (χ3n) is 5.01. The van der Waals surface area contributed by atoms with Crippen molar-refractivity contribution >= 4 is 5.91 Å². The molecule has 0 saturated carbocycles. The van der Waals surface area contributed by atoms with E-state index in [9.17, 15) is 9.59 Å². The number of aromatic nitrogens is 4. The van der Waals surface area contributed by atoms with Gasteiger partial charge in [0.1, 0.15) is 0 Å². The minimum absolute atomic E-state index is 0.0107. The van der Waals surface area contributed by atoms with Crippen LogP contribution in [0.25, 0.3) is 5.95 Å². The maximum absolute atomic E-state index is 12.6. The van der Waals surface area contributed by atoms with E-state index in [-0.39, 0.29) is 11.5 Å². The fraction of sp³-hybridized carbons (Fsp3) is 0.529. The van der Waals surface area contributed by atoms with Crippen molar-refractivity contribution in [2.24, 2.45) is 0 Å². The van der Waals surface area contributed by atoms with Crippen molar-refractivity contribution in [3.63, 3.8) is 0 Å². The molecular weight excluding hydrogens is 306 g/mol. The Morgan fingerprint density at radius 2 is 1.92 bits per heavy atom. The van der Waals surface area contributed by atoms with Gasteiger partial charge in [-0.1, -0.05) is 0 Å². The van der Waals surface area contributed by atoms with Gasteiger partial charge < -0.3 is 4.90 Å². The van der Waals surface area contributed by atoms with E-state index in [4.69, 9.17) is 0 Å². The topological polar surface area (TPSA) is 83.9 Å². The molecule has 0 spiro atoms. The van der Waals surface area contributed by atoms with Gasteiger partial charge in [-0.15, -0.1) is 0 Å². The first-order chi connectivity index (χ1) is 11.6. The third kappa shape index (κ3) is 2.44. The van der Waals surface area contributed by atoms with Crippen LogP contribution in [0.4, 0.5) is 0 Å². The highest BCUT2D eigenvalue weighted by molar-refractivity contribution is 5.95. The van der Waals surface area contributed by atoms with Crippen molar-refractivity contribution in [1.82, 2.24) is 24.6 Å². The van der Waals surface area contributed by atoms with Gasteiger partial charge in [-0.25, -0.2) is 9.67 Å². The number of aryl methyl sites for hydroxylation is 1. The quantitative estimate of drug-likeness (QED) is 0.903. The largest absolute Gasteiger partial charge is 0.339 e. The maximum atomic E-state index is 12.6. The van der Waals surface area contributed by atoms with Crippen LogP contribution in [-0.4, -0.2) is 43.6 Å². The van der Waals surface area contributed by atoms with Crippen LogP contribution in [0.15, 0.2) is 11.0 Å². The van der Waals surface area contributed by atoms with Gasteiger partial charge in [-0.2, -0.15) is 5.10 Å². The molecule has 0 radical (unpaired) electrons. The molecule has 0 bridgehead atoms. The molecule has 2 aromatic rings. The lowest BCUT2D eigenvalue weighted by Gasteiger charge is -2.16. The zero-order chi connectivity index (χ0) is 16.7. The SMILES string of the molecule is Cc1c(C(=O)N2CCCC2)cnn1-c1nc2c(c(=O)[nH]1)CCCC2. The summed E-state index contributed by atoms with van der Waals surface area (Å²) in [4.78, 5) is 34.2. The summed E-state index contributed by atoms with van der Waals surface area (Å²) in [5.41, 5.74) is 2.87. The Kier molecular flexibility index (Phi) is 3.70. The first kappa shape index (κ1) is 15.1. The monoisotopic (exact) mass is 327 g/mol. The number of hydrogen-bond acceptors (Lipinski definition) is 4. The Morgan fingerprint density at radius 3 is 2.71 bits per heavy atom. The highest BCUT2D eigenvalue weighted by atomic mass is 16.2. The van der Waals surface area contributed by atoms with E-state index in [0.717, 1.165) is 62.9 Å². The zero-order valence-electron chi connectivity index (χ0n) is 13.8. The molecule has 0 atom stereocenters. The van der Waals surface area contributed by atoms with E-state index in [1.54, 1.807) is 10.9 Å². The Balaban J connectivity index is 1.72. The van der Waals surface area contributed by atoms with Crippen molar-refractivity contribution in [1.29, 1.82) is 0 Å². The first-order valence-corrected chi connectivity index (χ1v) is 8.61. The summed E-state index contributed by atoms with van der Waals surface area (Å²) in [5, 5.41) is 4.31. The minimum atomic E-state index is -0.0861. The normalized spacial score (nSPS) is 17.1. The van der Waals surface area contributed by atoms with Crippen molar-refractivity contribution < 1.29 is 4.79 Å². The van der Waals surface area contributed by atoms with E-state index in [1.807, 2.05) is 11.8 Å². The first-order valence-electron chi connectivity index (χ1n) is 8.61. The average molecular weight is 327 g/mol. The summed E-state index contributed by atoms with van der Waals surface area (Å²) in [6.45, 7) is 3.45. The van der Waals surface area contributed by atoms with Crippen LogP contribution in [0.3, 0.4) is 0 Å². The van der Waals surface area contributed by atoms with Crippen molar-refractivity contribution in [3.8, 4) is 5.95 Å². The smallest absolute Gasteiger partial charge is 0.257 e. The summed E-state index contributed by atoms with van der Waals surface area (Å²) in [6, 6.07) is 0. The lowest BCUT2D eigenvalue weighted by molar-refractivity contribution is 0.0792. The van der Waals surface area contributed by atoms with E-state index in [1.165, 1.54) is 0 Å². The molecule has 7 heteroatoms. The van der Waals surface area contributed by atoms with Gasteiger partial charge in [-0.05, 0) is 45.4 Å². The fourth-order valence-corrected chi connectivity index (χ4v) is 3.61. The fourth-order valence-electron chi connectivity index (χ4n) is 3.61. The predicted octanol–water partition coefficient (Wildman–Crippen LogP) is 1.38. The number of carbonyl (C=O) groups is 1. The van der Waals surface area contributed by atoms with E-state index in [0.29, 0.717) is 17.2 Å². The predicted molar refractivity (Wildman–Crippen MR) is 88.5 cm³/mol. The van der Waals surface area contributed by atoms with Crippen LogP contribution in [0.2, 0.25) is 0 Å². The van der Waals surface area contributed by atoms with Crippen LogP contribution >= 0.6 is 0 Å². The van der Waals surface area contributed by atoms with Gasteiger partial charge >= 0.3 is 0 Å². The Morgan fingerprint density at radius 1 is 1.17 bits per heavy atom. The van der Waals surface area contributed by atoms with Crippen LogP contribution in [0.1, 0.15) is 53.0 Å². The van der Waals surface area contributed by atoms with E-state index >= 15 is 0 Å². The Bertz CT molecular complexity index is 845. The molecule has 1 fully saturated rings. The van der Waals surface area contributed by atoms with Crippen molar-refractivity contribution in [2.75, 3.05) is 13.1 Å². The molecule has 2 aliphatic rings. The highest BCUT2D eigenvalue weighted by Gasteiger charge is 2.24. The molecule has 4 rings (SSSR count). The maximum Gasteiger partial charge on any atom is 0.257 e.